The van der Waals surface area contributed by atoms with Crippen molar-refractivity contribution in [3.8, 4) is 5.75 Å². The van der Waals surface area contributed by atoms with Gasteiger partial charge in [0.25, 0.3) is 0 Å². The third-order valence-electron chi connectivity index (χ3n) is 5.05. The van der Waals surface area contributed by atoms with Crippen LogP contribution in [-0.4, -0.2) is 32.7 Å². The summed E-state index contributed by atoms with van der Waals surface area (Å²) in [4.78, 5) is 14.6. The van der Waals surface area contributed by atoms with Gasteiger partial charge in [-0.15, -0.1) is 0 Å². The maximum atomic E-state index is 12.2. The van der Waals surface area contributed by atoms with Crippen molar-refractivity contribution in [3.63, 3.8) is 0 Å². The number of methoxy groups -OCH3 is 1. The Labute approximate surface area is 161 Å². The SMILES string of the molecule is COc1cccc(NCCC(=O)Nc2ccc(N3CCC(C)CC3)cc2)c1. The Kier molecular flexibility index (Phi) is 6.58. The first-order chi connectivity index (χ1) is 13.1. The molecule has 27 heavy (non-hydrogen) atoms. The number of carbonyl (C=O) groups is 1. The van der Waals surface area contributed by atoms with E-state index in [4.69, 9.17) is 4.74 Å². The molecular formula is C22H29N3O2. The number of nitrogens with one attached hydrogen (secondary N) is 2. The van der Waals surface area contributed by atoms with Crippen LogP contribution in [0.4, 0.5) is 17.1 Å². The molecule has 2 aromatic carbocycles. The Balaban J connectivity index is 1.43. The zero-order valence-corrected chi connectivity index (χ0v) is 16.2. The first kappa shape index (κ1) is 19.1. The van der Waals surface area contributed by atoms with Gasteiger partial charge >= 0.3 is 0 Å². The fraction of sp³-hybridized carbons (Fsp3) is 0.409. The van der Waals surface area contributed by atoms with Crippen molar-refractivity contribution in [2.75, 3.05) is 42.3 Å². The minimum absolute atomic E-state index is 0.00458. The molecule has 0 spiro atoms. The van der Waals surface area contributed by atoms with Gasteiger partial charge in [0.15, 0.2) is 0 Å². The van der Waals surface area contributed by atoms with E-state index in [0.717, 1.165) is 36.1 Å². The molecule has 0 aliphatic carbocycles. The molecule has 1 amide bonds. The number of ether oxygens (including phenoxy) is 1. The highest BCUT2D eigenvalue weighted by Crippen LogP contribution is 2.24. The number of amides is 1. The summed E-state index contributed by atoms with van der Waals surface area (Å²) < 4.78 is 5.20. The Bertz CT molecular complexity index is 737. The molecule has 5 heteroatoms. The Hall–Kier alpha value is -2.69. The third kappa shape index (κ3) is 5.64. The Morgan fingerprint density at radius 2 is 1.85 bits per heavy atom. The van der Waals surface area contributed by atoms with E-state index >= 15 is 0 Å². The van der Waals surface area contributed by atoms with Crippen LogP contribution < -0.4 is 20.3 Å². The molecule has 2 N–H and O–H groups in total. The van der Waals surface area contributed by atoms with Crippen molar-refractivity contribution in [2.24, 2.45) is 5.92 Å². The fourth-order valence-electron chi connectivity index (χ4n) is 3.30. The van der Waals surface area contributed by atoms with Gasteiger partial charge in [-0.2, -0.15) is 0 Å². The van der Waals surface area contributed by atoms with Crippen LogP contribution in [0.5, 0.6) is 5.75 Å². The second kappa shape index (κ2) is 9.31. The van der Waals surface area contributed by atoms with Gasteiger partial charge in [0.05, 0.1) is 7.11 Å². The predicted octanol–water partition coefficient (Wildman–Crippen LogP) is 4.37. The van der Waals surface area contributed by atoms with E-state index in [2.05, 4.69) is 34.6 Å². The maximum Gasteiger partial charge on any atom is 0.226 e. The van der Waals surface area contributed by atoms with Crippen LogP contribution in [0.2, 0.25) is 0 Å². The minimum atomic E-state index is 0.00458. The van der Waals surface area contributed by atoms with Crippen molar-refractivity contribution in [3.05, 3.63) is 48.5 Å². The molecule has 1 aliphatic rings. The number of rotatable bonds is 7. The highest BCUT2D eigenvalue weighted by atomic mass is 16.5. The van der Waals surface area contributed by atoms with E-state index in [0.29, 0.717) is 13.0 Å². The zero-order valence-electron chi connectivity index (χ0n) is 16.2. The van der Waals surface area contributed by atoms with Crippen LogP contribution in [0.15, 0.2) is 48.5 Å². The molecule has 5 nitrogen and oxygen atoms in total. The number of anilines is 3. The molecule has 0 bridgehead atoms. The van der Waals surface area contributed by atoms with Gasteiger partial charge in [0, 0.05) is 49.2 Å². The van der Waals surface area contributed by atoms with Crippen LogP contribution in [0.1, 0.15) is 26.2 Å². The number of hydrogen-bond donors (Lipinski definition) is 2. The molecule has 0 aromatic heterocycles. The quantitative estimate of drug-likeness (QED) is 0.763. The number of hydrogen-bond acceptors (Lipinski definition) is 4. The van der Waals surface area contributed by atoms with Gasteiger partial charge in [0.1, 0.15) is 5.75 Å². The number of nitrogens with zero attached hydrogens (tertiary/aromatic N) is 1. The van der Waals surface area contributed by atoms with Gasteiger partial charge in [-0.25, -0.2) is 0 Å². The first-order valence-electron chi connectivity index (χ1n) is 9.67. The predicted molar refractivity (Wildman–Crippen MR) is 112 cm³/mol. The molecule has 0 atom stereocenters. The summed E-state index contributed by atoms with van der Waals surface area (Å²) in [5, 5.41) is 6.21. The molecule has 1 aliphatic heterocycles. The highest BCUT2D eigenvalue weighted by molar-refractivity contribution is 5.91. The topological polar surface area (TPSA) is 53.6 Å². The molecule has 1 heterocycles. The maximum absolute atomic E-state index is 12.2. The van der Waals surface area contributed by atoms with Gasteiger partial charge in [-0.3, -0.25) is 4.79 Å². The molecule has 0 radical (unpaired) electrons. The third-order valence-corrected chi connectivity index (χ3v) is 5.05. The lowest BCUT2D eigenvalue weighted by Crippen LogP contribution is -2.32. The second-order valence-electron chi connectivity index (χ2n) is 7.17. The van der Waals surface area contributed by atoms with E-state index in [1.54, 1.807) is 7.11 Å². The number of benzene rings is 2. The fourth-order valence-corrected chi connectivity index (χ4v) is 3.30. The van der Waals surface area contributed by atoms with Crippen molar-refractivity contribution >= 4 is 23.0 Å². The summed E-state index contributed by atoms with van der Waals surface area (Å²) in [5.41, 5.74) is 3.03. The lowest BCUT2D eigenvalue weighted by molar-refractivity contribution is -0.115. The lowest BCUT2D eigenvalue weighted by Gasteiger charge is -2.32. The average molecular weight is 367 g/mol. The highest BCUT2D eigenvalue weighted by Gasteiger charge is 2.15. The van der Waals surface area contributed by atoms with Crippen LogP contribution in [-0.2, 0) is 4.79 Å². The normalized spacial score (nSPS) is 14.7. The van der Waals surface area contributed by atoms with E-state index in [9.17, 15) is 4.79 Å². The summed E-state index contributed by atoms with van der Waals surface area (Å²) in [6.45, 7) is 5.12. The lowest BCUT2D eigenvalue weighted by atomic mass is 9.99. The molecule has 2 aromatic rings. The molecule has 0 saturated carbocycles. The van der Waals surface area contributed by atoms with Crippen LogP contribution in [0.3, 0.4) is 0 Å². The zero-order chi connectivity index (χ0) is 19.1. The smallest absolute Gasteiger partial charge is 0.226 e. The van der Waals surface area contributed by atoms with Crippen LogP contribution in [0, 0.1) is 5.92 Å². The van der Waals surface area contributed by atoms with E-state index in [1.165, 1.54) is 18.5 Å². The average Bonchev–Trinajstić information content (AvgIpc) is 2.69. The van der Waals surface area contributed by atoms with Crippen molar-refractivity contribution in [1.29, 1.82) is 0 Å². The molecule has 3 rings (SSSR count). The molecule has 144 valence electrons. The van der Waals surface area contributed by atoms with E-state index in [-0.39, 0.29) is 5.91 Å². The molecule has 1 saturated heterocycles. The summed E-state index contributed by atoms with van der Waals surface area (Å²) in [6.07, 6.45) is 2.90. The first-order valence-corrected chi connectivity index (χ1v) is 9.67. The van der Waals surface area contributed by atoms with Crippen molar-refractivity contribution in [1.82, 2.24) is 0 Å². The summed E-state index contributed by atoms with van der Waals surface area (Å²) in [6, 6.07) is 15.9. The monoisotopic (exact) mass is 367 g/mol. The summed E-state index contributed by atoms with van der Waals surface area (Å²) in [7, 11) is 1.64. The molecule has 1 fully saturated rings. The minimum Gasteiger partial charge on any atom is -0.497 e. The van der Waals surface area contributed by atoms with Gasteiger partial charge in [0.2, 0.25) is 5.91 Å². The number of carbonyl (C=O) groups excluding carboxylic acids is 1. The largest absolute Gasteiger partial charge is 0.497 e. The Morgan fingerprint density at radius 3 is 2.56 bits per heavy atom. The summed E-state index contributed by atoms with van der Waals surface area (Å²) in [5.74, 6) is 1.63. The van der Waals surface area contributed by atoms with Crippen LogP contribution >= 0.6 is 0 Å². The van der Waals surface area contributed by atoms with E-state index in [1.807, 2.05) is 36.4 Å². The molecular weight excluding hydrogens is 338 g/mol. The second-order valence-corrected chi connectivity index (χ2v) is 7.17. The van der Waals surface area contributed by atoms with Gasteiger partial charge < -0.3 is 20.3 Å². The van der Waals surface area contributed by atoms with Gasteiger partial charge in [-0.1, -0.05) is 13.0 Å². The Morgan fingerprint density at radius 1 is 1.11 bits per heavy atom. The van der Waals surface area contributed by atoms with Crippen molar-refractivity contribution in [2.45, 2.75) is 26.2 Å². The summed E-state index contributed by atoms with van der Waals surface area (Å²) >= 11 is 0. The standard InChI is InChI=1S/C22H29N3O2/c1-17-11-14-25(15-12-17)20-8-6-18(7-9-20)24-22(26)10-13-23-19-4-3-5-21(16-19)27-2/h3-9,16-17,23H,10-15H2,1-2H3,(H,24,26). The van der Waals surface area contributed by atoms with Crippen LogP contribution in [0.25, 0.3) is 0 Å². The van der Waals surface area contributed by atoms with Gasteiger partial charge in [-0.05, 0) is 55.2 Å². The number of piperidine rings is 1. The van der Waals surface area contributed by atoms with Crippen molar-refractivity contribution < 1.29 is 9.53 Å². The molecule has 0 unspecified atom stereocenters. The van der Waals surface area contributed by atoms with E-state index < -0.39 is 0 Å².